The van der Waals surface area contributed by atoms with Crippen molar-refractivity contribution in [1.82, 2.24) is 9.80 Å². The number of rotatable bonds is 5. The van der Waals surface area contributed by atoms with Crippen molar-refractivity contribution >= 4 is 0 Å². The van der Waals surface area contributed by atoms with Crippen LogP contribution in [0.1, 0.15) is 39.2 Å². The summed E-state index contributed by atoms with van der Waals surface area (Å²) in [6, 6.07) is 10.9. The summed E-state index contributed by atoms with van der Waals surface area (Å²) in [6.07, 6.45) is 2.44. The zero-order chi connectivity index (χ0) is 17.2. The Morgan fingerprint density at radius 1 is 1.12 bits per heavy atom. The lowest BCUT2D eigenvalue weighted by Crippen LogP contribution is -2.47. The number of hydrogen-bond donors (Lipinski definition) is 1. The summed E-state index contributed by atoms with van der Waals surface area (Å²) in [5, 5.41) is 9.44. The molecule has 3 rings (SSSR count). The second-order valence-corrected chi connectivity index (χ2v) is 9.05. The van der Waals surface area contributed by atoms with E-state index in [1.807, 2.05) is 0 Å². The highest BCUT2D eigenvalue weighted by molar-refractivity contribution is 5.15. The molecule has 3 heteroatoms. The Kier molecular flexibility index (Phi) is 5.33. The lowest BCUT2D eigenvalue weighted by Gasteiger charge is -2.44. The predicted molar refractivity (Wildman–Crippen MR) is 99.9 cm³/mol. The van der Waals surface area contributed by atoms with Crippen LogP contribution in [0.25, 0.3) is 0 Å². The molecule has 0 bridgehead atoms. The highest BCUT2D eigenvalue weighted by Gasteiger charge is 2.48. The van der Waals surface area contributed by atoms with Crippen LogP contribution in [0.15, 0.2) is 30.3 Å². The van der Waals surface area contributed by atoms with Gasteiger partial charge in [-0.1, -0.05) is 51.1 Å². The van der Waals surface area contributed by atoms with Crippen molar-refractivity contribution in [3.8, 4) is 0 Å². The topological polar surface area (TPSA) is 26.7 Å². The Morgan fingerprint density at radius 3 is 2.50 bits per heavy atom. The minimum Gasteiger partial charge on any atom is -0.396 e. The molecule has 1 N–H and O–H groups in total. The van der Waals surface area contributed by atoms with E-state index >= 15 is 0 Å². The standard InChI is InChI=1S/C21H34N2O/c1-20(2,3)21(16-22-11-9-19(14-22)15-24)10-12-23(17-21)13-18-7-5-4-6-8-18/h4-8,19,24H,9-17H2,1-3H3/t19-,21?/m1/s1. The van der Waals surface area contributed by atoms with E-state index in [0.29, 0.717) is 23.4 Å². The van der Waals surface area contributed by atoms with Gasteiger partial charge in [-0.2, -0.15) is 0 Å². The monoisotopic (exact) mass is 330 g/mol. The average Bonchev–Trinajstić information content (AvgIpc) is 3.16. The highest BCUT2D eigenvalue weighted by atomic mass is 16.3. The SMILES string of the molecule is CC(C)(C)C1(CN2CC[C@@H](CO)C2)CCN(Cc2ccccc2)C1. The molecule has 24 heavy (non-hydrogen) atoms. The fourth-order valence-electron chi connectivity index (χ4n) is 4.55. The van der Waals surface area contributed by atoms with Crippen LogP contribution in [0.2, 0.25) is 0 Å². The van der Waals surface area contributed by atoms with Crippen molar-refractivity contribution in [3.63, 3.8) is 0 Å². The van der Waals surface area contributed by atoms with Gasteiger partial charge in [-0.3, -0.25) is 4.90 Å². The zero-order valence-electron chi connectivity index (χ0n) is 15.7. The first-order valence-electron chi connectivity index (χ1n) is 9.51. The van der Waals surface area contributed by atoms with Crippen LogP contribution in [0.5, 0.6) is 0 Å². The van der Waals surface area contributed by atoms with Crippen LogP contribution in [0.3, 0.4) is 0 Å². The van der Waals surface area contributed by atoms with Crippen LogP contribution in [0, 0.1) is 16.7 Å². The van der Waals surface area contributed by atoms with E-state index in [-0.39, 0.29) is 0 Å². The molecule has 1 aromatic carbocycles. The van der Waals surface area contributed by atoms with Crippen LogP contribution in [0.4, 0.5) is 0 Å². The first-order valence-corrected chi connectivity index (χ1v) is 9.51. The van der Waals surface area contributed by atoms with Gasteiger partial charge in [0.1, 0.15) is 0 Å². The predicted octanol–water partition coefficient (Wildman–Crippen LogP) is 3.24. The molecule has 2 fully saturated rings. The van der Waals surface area contributed by atoms with Crippen molar-refractivity contribution < 1.29 is 5.11 Å². The van der Waals surface area contributed by atoms with Crippen molar-refractivity contribution in [2.75, 3.05) is 39.3 Å². The third kappa shape index (κ3) is 3.84. The van der Waals surface area contributed by atoms with Gasteiger partial charge in [0.25, 0.3) is 0 Å². The summed E-state index contributed by atoms with van der Waals surface area (Å²) in [6.45, 7) is 14.5. The number of likely N-dealkylation sites (tertiary alicyclic amines) is 2. The van der Waals surface area contributed by atoms with E-state index in [1.165, 1.54) is 31.6 Å². The molecule has 2 heterocycles. The summed E-state index contributed by atoms with van der Waals surface area (Å²) in [5.74, 6) is 0.490. The van der Waals surface area contributed by atoms with Crippen molar-refractivity contribution in [3.05, 3.63) is 35.9 Å². The van der Waals surface area contributed by atoms with Crippen LogP contribution in [-0.4, -0.2) is 54.2 Å². The maximum Gasteiger partial charge on any atom is 0.0471 e. The van der Waals surface area contributed by atoms with Gasteiger partial charge in [-0.25, -0.2) is 0 Å². The number of hydrogen-bond acceptors (Lipinski definition) is 3. The van der Waals surface area contributed by atoms with E-state index in [9.17, 15) is 5.11 Å². The average molecular weight is 331 g/mol. The summed E-state index contributed by atoms with van der Waals surface area (Å²) in [5.41, 5.74) is 2.07. The van der Waals surface area contributed by atoms with Gasteiger partial charge >= 0.3 is 0 Å². The van der Waals surface area contributed by atoms with E-state index in [4.69, 9.17) is 0 Å². The first-order chi connectivity index (χ1) is 11.4. The van der Waals surface area contributed by atoms with E-state index in [0.717, 1.165) is 26.1 Å². The van der Waals surface area contributed by atoms with Gasteiger partial charge in [0.15, 0.2) is 0 Å². The van der Waals surface area contributed by atoms with Crippen LogP contribution in [-0.2, 0) is 6.54 Å². The molecule has 1 unspecified atom stereocenters. The Morgan fingerprint density at radius 2 is 1.88 bits per heavy atom. The van der Waals surface area contributed by atoms with Gasteiger partial charge in [-0.15, -0.1) is 0 Å². The van der Waals surface area contributed by atoms with Crippen molar-refractivity contribution in [2.45, 2.75) is 40.2 Å². The fraction of sp³-hybridized carbons (Fsp3) is 0.714. The summed E-state index contributed by atoms with van der Waals surface area (Å²) >= 11 is 0. The molecule has 1 aromatic rings. The minimum atomic E-state index is 0.301. The van der Waals surface area contributed by atoms with Crippen molar-refractivity contribution in [2.24, 2.45) is 16.7 Å². The third-order valence-electron chi connectivity index (χ3n) is 6.43. The lowest BCUT2D eigenvalue weighted by molar-refractivity contribution is 0.0480. The maximum atomic E-state index is 9.44. The Balaban J connectivity index is 1.67. The second kappa shape index (κ2) is 7.15. The molecule has 2 aliphatic rings. The summed E-state index contributed by atoms with van der Waals surface area (Å²) in [7, 11) is 0. The molecule has 0 amide bonds. The lowest BCUT2D eigenvalue weighted by atomic mass is 9.65. The van der Waals surface area contributed by atoms with Gasteiger partial charge in [-0.05, 0) is 42.8 Å². The van der Waals surface area contributed by atoms with Gasteiger partial charge < -0.3 is 10.0 Å². The molecule has 2 aliphatic heterocycles. The smallest absolute Gasteiger partial charge is 0.0471 e. The van der Waals surface area contributed by atoms with E-state index < -0.39 is 0 Å². The highest BCUT2D eigenvalue weighted by Crippen LogP contribution is 2.47. The summed E-state index contributed by atoms with van der Waals surface area (Å²) < 4.78 is 0. The second-order valence-electron chi connectivity index (χ2n) is 9.05. The minimum absolute atomic E-state index is 0.301. The largest absolute Gasteiger partial charge is 0.396 e. The molecule has 2 saturated heterocycles. The third-order valence-corrected chi connectivity index (χ3v) is 6.43. The van der Waals surface area contributed by atoms with Crippen LogP contribution >= 0.6 is 0 Å². The van der Waals surface area contributed by atoms with Gasteiger partial charge in [0, 0.05) is 38.2 Å². The van der Waals surface area contributed by atoms with Crippen LogP contribution < -0.4 is 0 Å². The molecule has 0 saturated carbocycles. The van der Waals surface area contributed by atoms with Crippen molar-refractivity contribution in [1.29, 1.82) is 0 Å². The first kappa shape index (κ1) is 17.9. The van der Waals surface area contributed by atoms with E-state index in [2.05, 4.69) is 60.9 Å². The Bertz CT molecular complexity index is 524. The van der Waals surface area contributed by atoms with Gasteiger partial charge in [0.05, 0.1) is 0 Å². The summed E-state index contributed by atoms with van der Waals surface area (Å²) in [4.78, 5) is 5.25. The molecule has 2 atom stereocenters. The molecule has 0 aromatic heterocycles. The Labute approximate surface area is 147 Å². The Hall–Kier alpha value is -0.900. The fourth-order valence-corrected chi connectivity index (χ4v) is 4.55. The quantitative estimate of drug-likeness (QED) is 0.898. The zero-order valence-corrected chi connectivity index (χ0v) is 15.7. The number of nitrogens with zero attached hydrogens (tertiary/aromatic N) is 2. The molecule has 3 nitrogen and oxygen atoms in total. The molecule has 0 spiro atoms. The number of aliphatic hydroxyl groups excluding tert-OH is 1. The number of aliphatic hydroxyl groups is 1. The number of benzene rings is 1. The molecule has 134 valence electrons. The molecule has 0 aliphatic carbocycles. The van der Waals surface area contributed by atoms with Gasteiger partial charge in [0.2, 0.25) is 0 Å². The molecular weight excluding hydrogens is 296 g/mol. The normalized spacial score (nSPS) is 29.4. The van der Waals surface area contributed by atoms with E-state index in [1.54, 1.807) is 0 Å². The maximum absolute atomic E-state index is 9.44. The molecule has 0 radical (unpaired) electrons. The molecular formula is C21H34N2O.